The molecule has 2 aromatic rings. The Labute approximate surface area is 127 Å². The molecule has 0 spiro atoms. The Morgan fingerprint density at radius 2 is 2.15 bits per heavy atom. The molecule has 0 bridgehead atoms. The highest BCUT2D eigenvalue weighted by Crippen LogP contribution is 2.29. The van der Waals surface area contributed by atoms with Gasteiger partial charge >= 0.3 is 0 Å². The van der Waals surface area contributed by atoms with E-state index in [1.165, 1.54) is 17.6 Å². The number of halogens is 2. The maximum absolute atomic E-state index is 13.9. The van der Waals surface area contributed by atoms with E-state index in [-0.39, 0.29) is 11.9 Å². The molecule has 0 radical (unpaired) electrons. The summed E-state index contributed by atoms with van der Waals surface area (Å²) in [4.78, 5) is 1.07. The van der Waals surface area contributed by atoms with Crippen LogP contribution in [0.25, 0.3) is 0 Å². The zero-order chi connectivity index (χ0) is 14.7. The van der Waals surface area contributed by atoms with Crippen LogP contribution in [-0.4, -0.2) is 16.6 Å². The van der Waals surface area contributed by atoms with E-state index in [0.717, 1.165) is 10.6 Å². The number of rotatable bonds is 5. The second kappa shape index (κ2) is 6.61. The van der Waals surface area contributed by atoms with Gasteiger partial charge in [-0.15, -0.1) is 5.10 Å². The lowest BCUT2D eigenvalue weighted by atomic mass is 10.00. The molecule has 1 atom stereocenters. The van der Waals surface area contributed by atoms with Crippen LogP contribution in [0, 0.1) is 5.82 Å². The first-order valence-electron chi connectivity index (χ1n) is 6.46. The van der Waals surface area contributed by atoms with Gasteiger partial charge in [-0.3, -0.25) is 0 Å². The quantitative estimate of drug-likeness (QED) is 0.908. The fourth-order valence-electron chi connectivity index (χ4n) is 2.08. The number of nitrogens with one attached hydrogen (secondary N) is 1. The van der Waals surface area contributed by atoms with Gasteiger partial charge in [-0.25, -0.2) is 4.39 Å². The van der Waals surface area contributed by atoms with Crippen LogP contribution in [0.2, 0.25) is 5.02 Å². The van der Waals surface area contributed by atoms with Gasteiger partial charge in [-0.2, -0.15) is 0 Å². The van der Waals surface area contributed by atoms with Gasteiger partial charge in [0.2, 0.25) is 0 Å². The van der Waals surface area contributed by atoms with Crippen LogP contribution in [0.15, 0.2) is 18.2 Å². The summed E-state index contributed by atoms with van der Waals surface area (Å²) in [5, 5.41) is 7.81. The summed E-state index contributed by atoms with van der Waals surface area (Å²) in [6.07, 6.45) is 0.545. The third-order valence-electron chi connectivity index (χ3n) is 3.19. The lowest BCUT2D eigenvalue weighted by Crippen LogP contribution is -2.20. The number of hydrogen-bond donors (Lipinski definition) is 1. The molecule has 6 heteroatoms. The Kier molecular flexibility index (Phi) is 5.07. The molecule has 20 heavy (non-hydrogen) atoms. The van der Waals surface area contributed by atoms with Crippen molar-refractivity contribution >= 4 is 23.1 Å². The second-order valence-corrected chi connectivity index (χ2v) is 6.18. The molecule has 0 amide bonds. The van der Waals surface area contributed by atoms with E-state index in [2.05, 4.69) is 28.8 Å². The number of nitrogens with zero attached hydrogens (tertiary/aromatic N) is 2. The van der Waals surface area contributed by atoms with Crippen molar-refractivity contribution in [2.45, 2.75) is 32.2 Å². The van der Waals surface area contributed by atoms with Gasteiger partial charge in [0.05, 0.1) is 10.6 Å². The molecular formula is C14H17ClFN3S. The zero-order valence-corrected chi connectivity index (χ0v) is 13.2. The first kappa shape index (κ1) is 15.4. The van der Waals surface area contributed by atoms with E-state index in [1.54, 1.807) is 12.1 Å². The first-order chi connectivity index (χ1) is 9.52. The van der Waals surface area contributed by atoms with Crippen LogP contribution in [0.3, 0.4) is 0 Å². The average molecular weight is 314 g/mol. The van der Waals surface area contributed by atoms with Crippen LogP contribution >= 0.6 is 23.1 Å². The molecule has 1 N–H and O–H groups in total. The van der Waals surface area contributed by atoms with Crippen molar-refractivity contribution in [2.75, 3.05) is 7.05 Å². The molecule has 1 heterocycles. The maximum atomic E-state index is 13.9. The highest BCUT2D eigenvalue weighted by molar-refractivity contribution is 7.05. The minimum atomic E-state index is -0.277. The highest BCUT2D eigenvalue weighted by atomic mass is 35.5. The molecule has 1 aromatic heterocycles. The van der Waals surface area contributed by atoms with Crippen LogP contribution in [0.4, 0.5) is 4.39 Å². The summed E-state index contributed by atoms with van der Waals surface area (Å²) in [6.45, 7) is 4.16. The number of hydrogen-bond acceptors (Lipinski definition) is 4. The predicted molar refractivity (Wildman–Crippen MR) is 80.9 cm³/mol. The summed E-state index contributed by atoms with van der Waals surface area (Å²) in [6, 6.07) is 4.78. The summed E-state index contributed by atoms with van der Waals surface area (Å²) < 4.78 is 17.9. The Hall–Kier alpha value is -1.04. The minimum absolute atomic E-state index is 0.00285. The van der Waals surface area contributed by atoms with Gasteiger partial charge < -0.3 is 5.32 Å². The number of benzene rings is 1. The highest BCUT2D eigenvalue weighted by Gasteiger charge is 2.21. The van der Waals surface area contributed by atoms with Gasteiger partial charge in [-0.05, 0) is 48.6 Å². The Morgan fingerprint density at radius 3 is 2.75 bits per heavy atom. The van der Waals surface area contributed by atoms with E-state index in [1.807, 2.05) is 7.05 Å². The first-order valence-corrected chi connectivity index (χ1v) is 7.61. The minimum Gasteiger partial charge on any atom is -0.312 e. The van der Waals surface area contributed by atoms with Crippen LogP contribution < -0.4 is 5.32 Å². The fourth-order valence-corrected chi connectivity index (χ4v) is 3.15. The monoisotopic (exact) mass is 313 g/mol. The molecule has 108 valence electrons. The third-order valence-corrected chi connectivity index (χ3v) is 4.28. The van der Waals surface area contributed by atoms with Gasteiger partial charge in [0, 0.05) is 11.1 Å². The van der Waals surface area contributed by atoms with Crippen LogP contribution in [0.5, 0.6) is 0 Å². The van der Waals surface area contributed by atoms with Crippen molar-refractivity contribution in [3.05, 3.63) is 45.2 Å². The summed E-state index contributed by atoms with van der Waals surface area (Å²) in [5.74, 6) is 0.0241. The predicted octanol–water partition coefficient (Wildman–Crippen LogP) is 3.96. The second-order valence-electron chi connectivity index (χ2n) is 4.96. The van der Waals surface area contributed by atoms with E-state index in [4.69, 9.17) is 11.6 Å². The summed E-state index contributed by atoms with van der Waals surface area (Å²) in [5.41, 5.74) is 1.61. The van der Waals surface area contributed by atoms with Crippen molar-refractivity contribution in [3.63, 3.8) is 0 Å². The zero-order valence-electron chi connectivity index (χ0n) is 11.7. The van der Waals surface area contributed by atoms with Crippen molar-refractivity contribution < 1.29 is 4.39 Å². The van der Waals surface area contributed by atoms with Crippen LogP contribution in [-0.2, 0) is 6.42 Å². The maximum Gasteiger partial charge on any atom is 0.127 e. The number of likely N-dealkylation sites (N-methyl/N-ethyl adjacent to an activating group) is 1. The van der Waals surface area contributed by atoms with Crippen molar-refractivity contribution in [3.8, 4) is 0 Å². The van der Waals surface area contributed by atoms with Gasteiger partial charge in [0.1, 0.15) is 5.82 Å². The lowest BCUT2D eigenvalue weighted by molar-refractivity contribution is 0.554. The van der Waals surface area contributed by atoms with E-state index >= 15 is 0 Å². The van der Waals surface area contributed by atoms with Crippen molar-refractivity contribution in [1.29, 1.82) is 0 Å². The van der Waals surface area contributed by atoms with Gasteiger partial charge in [0.15, 0.2) is 0 Å². The topological polar surface area (TPSA) is 37.8 Å². The molecule has 0 aliphatic heterocycles. The molecule has 0 aliphatic carbocycles. The fraction of sp³-hybridized carbons (Fsp3) is 0.429. The van der Waals surface area contributed by atoms with Gasteiger partial charge in [0.25, 0.3) is 0 Å². The SMILES string of the molecule is CNC(Cc1ccc(Cl)cc1F)c1snnc1C(C)C. The standard InChI is InChI=1S/C14H17ClFN3S/c1-8(2)13-14(20-19-18-13)12(17-3)6-9-4-5-10(15)7-11(9)16/h4-5,7-8,12,17H,6H2,1-3H3. The molecule has 3 nitrogen and oxygen atoms in total. The summed E-state index contributed by atoms with van der Waals surface area (Å²) >= 11 is 7.15. The largest absolute Gasteiger partial charge is 0.312 e. The average Bonchev–Trinajstić information content (AvgIpc) is 2.87. The van der Waals surface area contributed by atoms with E-state index in [0.29, 0.717) is 22.9 Å². The molecule has 0 saturated carbocycles. The van der Waals surface area contributed by atoms with Crippen molar-refractivity contribution in [2.24, 2.45) is 0 Å². The molecule has 1 unspecified atom stereocenters. The molecule has 0 fully saturated rings. The van der Waals surface area contributed by atoms with E-state index in [9.17, 15) is 4.39 Å². The smallest absolute Gasteiger partial charge is 0.127 e. The molecule has 0 aliphatic rings. The molecule has 2 rings (SSSR count). The summed E-state index contributed by atoms with van der Waals surface area (Å²) in [7, 11) is 1.86. The normalized spacial score (nSPS) is 12.9. The number of aromatic nitrogens is 2. The third kappa shape index (κ3) is 3.34. The van der Waals surface area contributed by atoms with Crippen LogP contribution in [0.1, 0.15) is 41.9 Å². The molecule has 1 aromatic carbocycles. The Bertz CT molecular complexity index is 586. The lowest BCUT2D eigenvalue weighted by Gasteiger charge is -2.17. The van der Waals surface area contributed by atoms with Gasteiger partial charge in [-0.1, -0.05) is 36.0 Å². The Balaban J connectivity index is 2.26. The van der Waals surface area contributed by atoms with Crippen molar-refractivity contribution in [1.82, 2.24) is 14.9 Å². The molecule has 0 saturated heterocycles. The Morgan fingerprint density at radius 1 is 1.40 bits per heavy atom. The van der Waals surface area contributed by atoms with E-state index < -0.39 is 0 Å². The molecular weight excluding hydrogens is 297 g/mol.